The lowest BCUT2D eigenvalue weighted by Crippen LogP contribution is -2.23. The summed E-state index contributed by atoms with van der Waals surface area (Å²) in [6.45, 7) is 5.10. The average Bonchev–Trinajstić information content (AvgIpc) is 2.50. The summed E-state index contributed by atoms with van der Waals surface area (Å²) in [6, 6.07) is 13.5. The van der Waals surface area contributed by atoms with Crippen LogP contribution in [0.2, 0.25) is 0 Å². The van der Waals surface area contributed by atoms with Gasteiger partial charge < -0.3 is 10.1 Å². The fourth-order valence-corrected chi connectivity index (χ4v) is 2.33. The molecule has 112 valence electrons. The molecule has 0 aromatic heterocycles. The fourth-order valence-electron chi connectivity index (χ4n) is 2.33. The largest absolute Gasteiger partial charge is 0.494 e. The van der Waals surface area contributed by atoms with Crippen molar-refractivity contribution in [3.63, 3.8) is 0 Å². The van der Waals surface area contributed by atoms with Gasteiger partial charge in [0.05, 0.1) is 13.2 Å². The second-order valence-corrected chi connectivity index (χ2v) is 5.19. The fraction of sp³-hybridized carbons (Fsp3) is 0.333. The third-order valence-electron chi connectivity index (χ3n) is 3.52. The number of halogens is 1. The molecule has 2 aromatic rings. The van der Waals surface area contributed by atoms with Crippen molar-refractivity contribution in [1.29, 1.82) is 0 Å². The minimum Gasteiger partial charge on any atom is -0.494 e. The average molecular weight is 287 g/mol. The Morgan fingerprint density at radius 3 is 2.38 bits per heavy atom. The van der Waals surface area contributed by atoms with E-state index in [0.717, 1.165) is 18.5 Å². The Labute approximate surface area is 126 Å². The molecule has 0 bridgehead atoms. The number of ether oxygens (including phenoxy) is 1. The highest BCUT2D eigenvalue weighted by Gasteiger charge is 2.15. The smallest absolute Gasteiger partial charge is 0.165 e. The van der Waals surface area contributed by atoms with E-state index in [0.29, 0.717) is 0 Å². The van der Waals surface area contributed by atoms with Crippen molar-refractivity contribution >= 4 is 0 Å². The molecular formula is C18H22FNO. The Bertz CT molecular complexity index is 580. The molecule has 0 saturated carbocycles. The van der Waals surface area contributed by atoms with Gasteiger partial charge in [0, 0.05) is 0 Å². The number of nitrogens with one attached hydrogen (secondary N) is 1. The summed E-state index contributed by atoms with van der Waals surface area (Å²) in [4.78, 5) is 0. The van der Waals surface area contributed by atoms with Crippen LogP contribution < -0.4 is 10.1 Å². The number of hydrogen-bond donors (Lipinski definition) is 1. The number of benzene rings is 2. The van der Waals surface area contributed by atoms with Gasteiger partial charge in [-0.15, -0.1) is 0 Å². The molecule has 1 atom stereocenters. The van der Waals surface area contributed by atoms with Gasteiger partial charge in [0.25, 0.3) is 0 Å². The van der Waals surface area contributed by atoms with Crippen LogP contribution in [0.3, 0.4) is 0 Å². The first-order valence-electron chi connectivity index (χ1n) is 7.29. The number of rotatable bonds is 6. The minimum atomic E-state index is -0.334. The Morgan fingerprint density at radius 2 is 1.76 bits per heavy atom. The summed E-state index contributed by atoms with van der Waals surface area (Å²) >= 11 is 0. The lowest BCUT2D eigenvalue weighted by molar-refractivity contribution is 0.385. The lowest BCUT2D eigenvalue weighted by Gasteiger charge is -2.20. The minimum absolute atomic E-state index is 0.0417. The van der Waals surface area contributed by atoms with Crippen LogP contribution in [0.15, 0.2) is 42.5 Å². The SMILES string of the molecule is CCCNC(c1ccc(C)cc1)c1ccc(F)c(OC)c1. The number of methoxy groups -OCH3 is 1. The maximum atomic E-state index is 13.6. The van der Waals surface area contributed by atoms with Crippen LogP contribution >= 0.6 is 0 Å². The molecule has 2 aromatic carbocycles. The molecule has 21 heavy (non-hydrogen) atoms. The van der Waals surface area contributed by atoms with Crippen LogP contribution in [0, 0.1) is 12.7 Å². The third kappa shape index (κ3) is 3.82. The van der Waals surface area contributed by atoms with Crippen molar-refractivity contribution in [3.8, 4) is 5.75 Å². The zero-order chi connectivity index (χ0) is 15.2. The maximum absolute atomic E-state index is 13.6. The third-order valence-corrected chi connectivity index (χ3v) is 3.52. The van der Waals surface area contributed by atoms with E-state index >= 15 is 0 Å². The highest BCUT2D eigenvalue weighted by atomic mass is 19.1. The predicted octanol–water partition coefficient (Wildman–Crippen LogP) is 4.23. The van der Waals surface area contributed by atoms with Gasteiger partial charge in [-0.3, -0.25) is 0 Å². The van der Waals surface area contributed by atoms with Crippen molar-refractivity contribution in [3.05, 3.63) is 65.0 Å². The Balaban J connectivity index is 2.37. The van der Waals surface area contributed by atoms with Crippen molar-refractivity contribution in [2.24, 2.45) is 0 Å². The van der Waals surface area contributed by atoms with Crippen molar-refractivity contribution in [1.82, 2.24) is 5.32 Å². The van der Waals surface area contributed by atoms with E-state index in [4.69, 9.17) is 4.74 Å². The van der Waals surface area contributed by atoms with Gasteiger partial charge in [-0.1, -0.05) is 42.8 Å². The molecule has 2 rings (SSSR count). The molecule has 1 unspecified atom stereocenters. The van der Waals surface area contributed by atoms with Crippen molar-refractivity contribution < 1.29 is 9.13 Å². The van der Waals surface area contributed by atoms with Crippen molar-refractivity contribution in [2.75, 3.05) is 13.7 Å². The zero-order valence-corrected chi connectivity index (χ0v) is 12.8. The van der Waals surface area contributed by atoms with Crippen LogP contribution in [-0.2, 0) is 0 Å². The summed E-state index contributed by atoms with van der Waals surface area (Å²) in [5.74, 6) is -0.0534. The Morgan fingerprint density at radius 1 is 1.10 bits per heavy atom. The van der Waals surface area contributed by atoms with Crippen LogP contribution in [0.25, 0.3) is 0 Å². The van der Waals surface area contributed by atoms with Crippen LogP contribution in [0.1, 0.15) is 36.1 Å². The van der Waals surface area contributed by atoms with Crippen molar-refractivity contribution in [2.45, 2.75) is 26.3 Å². The van der Waals surface area contributed by atoms with E-state index in [1.807, 2.05) is 6.07 Å². The van der Waals surface area contributed by atoms with E-state index in [2.05, 4.69) is 43.4 Å². The summed E-state index contributed by atoms with van der Waals surface area (Å²) in [6.07, 6.45) is 1.04. The standard InChI is InChI=1S/C18H22FNO/c1-4-11-20-18(14-7-5-13(2)6-8-14)15-9-10-16(19)17(12-15)21-3/h5-10,12,18,20H,4,11H2,1-3H3. The van der Waals surface area contributed by atoms with E-state index in [1.165, 1.54) is 24.3 Å². The molecular weight excluding hydrogens is 265 g/mol. The first-order valence-corrected chi connectivity index (χ1v) is 7.29. The molecule has 0 radical (unpaired) electrons. The molecule has 1 N–H and O–H groups in total. The van der Waals surface area contributed by atoms with Gasteiger partial charge in [-0.05, 0) is 43.1 Å². The molecule has 0 aliphatic carbocycles. The van der Waals surface area contributed by atoms with E-state index in [1.54, 1.807) is 6.07 Å². The molecule has 0 fully saturated rings. The van der Waals surface area contributed by atoms with Crippen LogP contribution in [-0.4, -0.2) is 13.7 Å². The molecule has 0 aliphatic rings. The molecule has 3 heteroatoms. The Hall–Kier alpha value is -1.87. The molecule has 2 nitrogen and oxygen atoms in total. The van der Waals surface area contributed by atoms with Gasteiger partial charge in [0.1, 0.15) is 0 Å². The first kappa shape index (κ1) is 15.5. The highest BCUT2D eigenvalue weighted by Crippen LogP contribution is 2.27. The normalized spacial score (nSPS) is 12.2. The van der Waals surface area contributed by atoms with E-state index in [9.17, 15) is 4.39 Å². The quantitative estimate of drug-likeness (QED) is 0.858. The van der Waals surface area contributed by atoms with Crippen LogP contribution in [0.4, 0.5) is 4.39 Å². The van der Waals surface area contributed by atoms with Gasteiger partial charge in [-0.2, -0.15) is 0 Å². The predicted molar refractivity (Wildman–Crippen MR) is 84.3 cm³/mol. The topological polar surface area (TPSA) is 21.3 Å². The molecule has 0 saturated heterocycles. The summed E-state index contributed by atoms with van der Waals surface area (Å²) in [7, 11) is 1.49. The molecule has 0 amide bonds. The van der Waals surface area contributed by atoms with E-state index < -0.39 is 0 Å². The second-order valence-electron chi connectivity index (χ2n) is 5.19. The lowest BCUT2D eigenvalue weighted by atomic mass is 9.97. The van der Waals surface area contributed by atoms with E-state index in [-0.39, 0.29) is 17.6 Å². The summed E-state index contributed by atoms with van der Waals surface area (Å²) in [5.41, 5.74) is 3.40. The van der Waals surface area contributed by atoms with Gasteiger partial charge in [0.15, 0.2) is 11.6 Å². The van der Waals surface area contributed by atoms with Gasteiger partial charge in [0.2, 0.25) is 0 Å². The first-order chi connectivity index (χ1) is 10.2. The van der Waals surface area contributed by atoms with Crippen LogP contribution in [0.5, 0.6) is 5.75 Å². The zero-order valence-electron chi connectivity index (χ0n) is 12.8. The second kappa shape index (κ2) is 7.23. The highest BCUT2D eigenvalue weighted by molar-refractivity contribution is 5.38. The summed E-state index contributed by atoms with van der Waals surface area (Å²) in [5, 5.41) is 3.51. The van der Waals surface area contributed by atoms with Gasteiger partial charge in [-0.25, -0.2) is 4.39 Å². The van der Waals surface area contributed by atoms with Gasteiger partial charge >= 0.3 is 0 Å². The number of hydrogen-bond acceptors (Lipinski definition) is 2. The monoisotopic (exact) mass is 287 g/mol. The number of aryl methyl sites for hydroxylation is 1. The molecule has 0 heterocycles. The Kier molecular flexibility index (Phi) is 5.34. The molecule has 0 spiro atoms. The molecule has 0 aliphatic heterocycles. The summed E-state index contributed by atoms with van der Waals surface area (Å²) < 4.78 is 18.7. The maximum Gasteiger partial charge on any atom is 0.165 e.